The smallest absolute Gasteiger partial charge is 0.139 e. The second kappa shape index (κ2) is 7.95. The number of alkyl halides is 1. The van der Waals surface area contributed by atoms with Gasteiger partial charge in [0, 0.05) is 32.8 Å². The lowest BCUT2D eigenvalue weighted by molar-refractivity contribution is 0.105. The molecule has 1 aliphatic heterocycles. The van der Waals surface area contributed by atoms with E-state index in [0.29, 0.717) is 5.92 Å². The first-order valence-corrected chi connectivity index (χ1v) is 12.6. The molecule has 32 heavy (non-hydrogen) atoms. The van der Waals surface area contributed by atoms with E-state index in [1.807, 2.05) is 12.1 Å². The van der Waals surface area contributed by atoms with Gasteiger partial charge in [-0.1, -0.05) is 96.8 Å². The van der Waals surface area contributed by atoms with E-state index in [0.717, 1.165) is 45.8 Å². The highest BCUT2D eigenvalue weighted by molar-refractivity contribution is 8.03. The molecule has 0 fully saturated rings. The van der Waals surface area contributed by atoms with Gasteiger partial charge < -0.3 is 5.11 Å². The lowest BCUT2D eigenvalue weighted by Crippen LogP contribution is -2.39. The normalized spacial score (nSPS) is 32.6. The Morgan fingerprint density at radius 3 is 2.72 bits per heavy atom. The molecule has 0 spiro atoms. The lowest BCUT2D eigenvalue weighted by Gasteiger charge is -2.44. The number of rotatable bonds is 2. The summed E-state index contributed by atoms with van der Waals surface area (Å²) in [6.07, 6.45) is 26.8. The van der Waals surface area contributed by atoms with Gasteiger partial charge in [-0.2, -0.15) is 0 Å². The molecular formula is C29H25ClOS. The largest absolute Gasteiger partial charge is 0.376 e. The molecule has 0 amide bonds. The molecule has 0 bridgehead atoms. The van der Waals surface area contributed by atoms with Crippen molar-refractivity contribution in [3.63, 3.8) is 0 Å². The van der Waals surface area contributed by atoms with Gasteiger partial charge in [-0.15, -0.1) is 11.6 Å². The summed E-state index contributed by atoms with van der Waals surface area (Å²) in [7, 11) is 0. The molecule has 0 radical (unpaired) electrons. The summed E-state index contributed by atoms with van der Waals surface area (Å²) in [5.74, 6) is 0.539. The van der Waals surface area contributed by atoms with Crippen LogP contribution in [-0.4, -0.2) is 10.5 Å². The van der Waals surface area contributed by atoms with E-state index in [9.17, 15) is 5.11 Å². The molecule has 1 aromatic carbocycles. The van der Waals surface area contributed by atoms with Crippen molar-refractivity contribution >= 4 is 23.4 Å². The van der Waals surface area contributed by atoms with Crippen molar-refractivity contribution in [3.8, 4) is 0 Å². The first-order chi connectivity index (χ1) is 15.7. The molecule has 0 aromatic heterocycles. The molecule has 5 aliphatic rings. The van der Waals surface area contributed by atoms with E-state index in [4.69, 9.17) is 11.6 Å². The molecule has 4 unspecified atom stereocenters. The fraction of sp³-hybridized carbons (Fsp3) is 0.241. The standard InChI is InChI=1S/C29H25ClOS/c30-26-17-8-16-25-28(26)32-27-18-6-5-15-24(27)29(25,31)23-14-4-3-12-22(23)21-13-7-10-19-9-1-2-11-20(19)21/h1-9,11,13-16,18-19,22,26,31H,10,12,17H2. The average Bonchev–Trinajstić information content (AvgIpc) is 2.85. The predicted octanol–water partition coefficient (Wildman–Crippen LogP) is 7.30. The monoisotopic (exact) mass is 456 g/mol. The van der Waals surface area contributed by atoms with Crippen LogP contribution in [0.15, 0.2) is 123 Å². The van der Waals surface area contributed by atoms with Crippen molar-refractivity contribution in [2.24, 2.45) is 11.8 Å². The van der Waals surface area contributed by atoms with Crippen LogP contribution in [0.4, 0.5) is 0 Å². The molecule has 0 saturated carbocycles. The van der Waals surface area contributed by atoms with Gasteiger partial charge in [-0.25, -0.2) is 0 Å². The zero-order chi connectivity index (χ0) is 21.7. The van der Waals surface area contributed by atoms with E-state index < -0.39 is 5.60 Å². The van der Waals surface area contributed by atoms with E-state index in [1.165, 1.54) is 11.1 Å². The van der Waals surface area contributed by atoms with E-state index in [-0.39, 0.29) is 11.3 Å². The van der Waals surface area contributed by atoms with Gasteiger partial charge in [0.15, 0.2) is 0 Å². The van der Waals surface area contributed by atoms with Crippen LogP contribution < -0.4 is 0 Å². The zero-order valence-electron chi connectivity index (χ0n) is 17.7. The minimum absolute atomic E-state index is 0.106. The number of aliphatic hydroxyl groups is 1. The Hall–Kier alpha value is -2.26. The van der Waals surface area contributed by atoms with Gasteiger partial charge in [0.05, 0.1) is 5.38 Å². The Morgan fingerprint density at radius 1 is 0.906 bits per heavy atom. The number of hydrogen-bond donors (Lipinski definition) is 1. The number of thioether (sulfide) groups is 1. The van der Waals surface area contributed by atoms with E-state index in [2.05, 4.69) is 79.0 Å². The second-order valence-electron chi connectivity index (χ2n) is 8.93. The van der Waals surface area contributed by atoms with Crippen molar-refractivity contribution in [1.82, 2.24) is 0 Å². The van der Waals surface area contributed by atoms with Crippen LogP contribution in [0.1, 0.15) is 24.8 Å². The Balaban J connectivity index is 1.56. The number of benzene rings is 1. The first kappa shape index (κ1) is 20.4. The summed E-state index contributed by atoms with van der Waals surface area (Å²) >= 11 is 8.50. The van der Waals surface area contributed by atoms with Crippen LogP contribution in [0, 0.1) is 11.8 Å². The summed E-state index contributed by atoms with van der Waals surface area (Å²) in [4.78, 5) is 2.18. The fourth-order valence-electron chi connectivity index (χ4n) is 5.66. The lowest BCUT2D eigenvalue weighted by atomic mass is 9.67. The molecule has 1 heterocycles. The maximum absolute atomic E-state index is 12.7. The van der Waals surface area contributed by atoms with E-state index in [1.54, 1.807) is 11.8 Å². The number of halogens is 1. The number of fused-ring (bicyclic) bond motifs is 2. The third-order valence-electron chi connectivity index (χ3n) is 7.17. The van der Waals surface area contributed by atoms with Crippen molar-refractivity contribution in [2.75, 3.05) is 0 Å². The van der Waals surface area contributed by atoms with Crippen molar-refractivity contribution in [1.29, 1.82) is 0 Å². The Morgan fingerprint density at radius 2 is 1.78 bits per heavy atom. The summed E-state index contributed by atoms with van der Waals surface area (Å²) in [5, 5.41) is 12.6. The summed E-state index contributed by atoms with van der Waals surface area (Å²) < 4.78 is 0. The Kier molecular flexibility index (Phi) is 5.06. The quantitative estimate of drug-likeness (QED) is 0.471. The topological polar surface area (TPSA) is 20.2 Å². The molecule has 1 aromatic rings. The average molecular weight is 457 g/mol. The molecule has 6 rings (SSSR count). The van der Waals surface area contributed by atoms with Gasteiger partial charge in [-0.05, 0) is 42.0 Å². The molecule has 4 aliphatic carbocycles. The molecule has 1 N–H and O–H groups in total. The summed E-state index contributed by atoms with van der Waals surface area (Å²) in [6, 6.07) is 8.26. The third-order valence-corrected chi connectivity index (χ3v) is 8.99. The maximum atomic E-state index is 12.7. The van der Waals surface area contributed by atoms with Gasteiger partial charge in [-0.3, -0.25) is 0 Å². The van der Waals surface area contributed by atoms with E-state index >= 15 is 0 Å². The molecule has 4 atom stereocenters. The van der Waals surface area contributed by atoms with Crippen molar-refractivity contribution < 1.29 is 5.11 Å². The maximum Gasteiger partial charge on any atom is 0.139 e. The van der Waals surface area contributed by atoms with Gasteiger partial charge in [0.1, 0.15) is 5.60 Å². The summed E-state index contributed by atoms with van der Waals surface area (Å²) in [5.41, 5.74) is 4.47. The van der Waals surface area contributed by atoms with Gasteiger partial charge in [0.2, 0.25) is 0 Å². The summed E-state index contributed by atoms with van der Waals surface area (Å²) in [6.45, 7) is 0. The van der Waals surface area contributed by atoms with Gasteiger partial charge in [0.25, 0.3) is 0 Å². The van der Waals surface area contributed by atoms with Crippen molar-refractivity contribution in [3.05, 3.63) is 124 Å². The van der Waals surface area contributed by atoms with Crippen LogP contribution in [0.2, 0.25) is 0 Å². The van der Waals surface area contributed by atoms with Crippen LogP contribution in [0.3, 0.4) is 0 Å². The highest BCUT2D eigenvalue weighted by Gasteiger charge is 2.48. The van der Waals surface area contributed by atoms with Gasteiger partial charge >= 0.3 is 0 Å². The highest BCUT2D eigenvalue weighted by Crippen LogP contribution is 2.57. The minimum Gasteiger partial charge on any atom is -0.376 e. The molecule has 160 valence electrons. The Labute approximate surface area is 198 Å². The molecular weight excluding hydrogens is 432 g/mol. The second-order valence-corrected chi connectivity index (χ2v) is 10.5. The fourth-order valence-corrected chi connectivity index (χ4v) is 7.28. The highest BCUT2D eigenvalue weighted by atomic mass is 35.5. The first-order valence-electron chi connectivity index (χ1n) is 11.4. The SMILES string of the molecule is OC1(C2=CC=CCC2C2=C3C=CC=CC3CC=C2)C2=C(Sc3ccccc31)C(Cl)CC=C2. The molecule has 1 nitrogen and oxygen atoms in total. The van der Waals surface area contributed by atoms with Crippen LogP contribution in [-0.2, 0) is 5.60 Å². The van der Waals surface area contributed by atoms with Crippen LogP contribution in [0.25, 0.3) is 0 Å². The minimum atomic E-state index is -1.20. The number of allylic oxidation sites excluding steroid dienone is 13. The van der Waals surface area contributed by atoms with Crippen LogP contribution in [0.5, 0.6) is 0 Å². The third kappa shape index (κ3) is 3.04. The molecule has 3 heteroatoms. The zero-order valence-corrected chi connectivity index (χ0v) is 19.3. The predicted molar refractivity (Wildman–Crippen MR) is 135 cm³/mol. The van der Waals surface area contributed by atoms with Crippen molar-refractivity contribution in [2.45, 2.75) is 35.1 Å². The molecule has 0 saturated heterocycles. The van der Waals surface area contributed by atoms with Crippen LogP contribution >= 0.6 is 23.4 Å². The number of hydrogen-bond acceptors (Lipinski definition) is 2. The Bertz CT molecular complexity index is 1220.